The number of nitrogens with one attached hydrogen (secondary N) is 1. The maximum absolute atomic E-state index is 11.6. The summed E-state index contributed by atoms with van der Waals surface area (Å²) in [5.74, 6) is 1.61. The standard InChI is InChI=1S/C18H23N5O2/c1-3-6-23-7-4-13(5-8-23)9-16-21-18(25-22-16)15-10-14(11-19)17(24)20-12(15)2/h10,13H,3-9H2,1-2H3,(H,20,24). The van der Waals surface area contributed by atoms with E-state index in [0.717, 1.165) is 32.4 Å². The minimum atomic E-state index is -0.401. The van der Waals surface area contributed by atoms with Crippen molar-refractivity contribution in [2.75, 3.05) is 19.6 Å². The lowest BCUT2D eigenvalue weighted by molar-refractivity contribution is 0.182. The maximum atomic E-state index is 11.6. The molecule has 7 nitrogen and oxygen atoms in total. The molecule has 132 valence electrons. The number of rotatable bonds is 5. The summed E-state index contributed by atoms with van der Waals surface area (Å²) in [6, 6.07) is 3.39. The molecule has 2 aromatic heterocycles. The van der Waals surface area contributed by atoms with Gasteiger partial charge in [-0.05, 0) is 57.8 Å². The third-order valence-electron chi connectivity index (χ3n) is 4.78. The lowest BCUT2D eigenvalue weighted by atomic mass is 9.93. The Hall–Kier alpha value is -2.46. The molecule has 3 heterocycles. The third kappa shape index (κ3) is 3.97. The summed E-state index contributed by atoms with van der Waals surface area (Å²) < 4.78 is 5.37. The Bertz CT molecular complexity index is 825. The van der Waals surface area contributed by atoms with Crippen LogP contribution in [0, 0.1) is 24.2 Å². The van der Waals surface area contributed by atoms with E-state index in [2.05, 4.69) is 26.9 Å². The van der Waals surface area contributed by atoms with E-state index in [9.17, 15) is 4.79 Å². The van der Waals surface area contributed by atoms with Crippen molar-refractivity contribution < 1.29 is 4.52 Å². The molecule has 1 fully saturated rings. The van der Waals surface area contributed by atoms with E-state index in [1.165, 1.54) is 19.0 Å². The van der Waals surface area contributed by atoms with Gasteiger partial charge in [-0.2, -0.15) is 10.2 Å². The van der Waals surface area contributed by atoms with Gasteiger partial charge < -0.3 is 14.4 Å². The minimum Gasteiger partial charge on any atom is -0.334 e. The van der Waals surface area contributed by atoms with Gasteiger partial charge in [0.2, 0.25) is 0 Å². The highest BCUT2D eigenvalue weighted by Gasteiger charge is 2.21. The molecule has 3 rings (SSSR count). The van der Waals surface area contributed by atoms with Gasteiger partial charge in [0.1, 0.15) is 11.6 Å². The Kier molecular flexibility index (Phi) is 5.29. The van der Waals surface area contributed by atoms with E-state index in [1.54, 1.807) is 6.92 Å². The van der Waals surface area contributed by atoms with Crippen molar-refractivity contribution in [3.8, 4) is 17.5 Å². The molecule has 0 aromatic carbocycles. The fourth-order valence-electron chi connectivity index (χ4n) is 3.36. The van der Waals surface area contributed by atoms with Gasteiger partial charge in [-0.25, -0.2) is 0 Å². The Labute approximate surface area is 146 Å². The van der Waals surface area contributed by atoms with Crippen LogP contribution in [0.2, 0.25) is 0 Å². The Morgan fingerprint density at radius 2 is 2.20 bits per heavy atom. The molecular weight excluding hydrogens is 318 g/mol. The summed E-state index contributed by atoms with van der Waals surface area (Å²) >= 11 is 0. The molecule has 0 unspecified atom stereocenters. The zero-order chi connectivity index (χ0) is 17.8. The van der Waals surface area contributed by atoms with E-state index < -0.39 is 5.56 Å². The molecule has 0 amide bonds. The Morgan fingerprint density at radius 3 is 2.88 bits per heavy atom. The Morgan fingerprint density at radius 1 is 1.44 bits per heavy atom. The molecular formula is C18H23N5O2. The van der Waals surface area contributed by atoms with Gasteiger partial charge in [0.05, 0.1) is 5.56 Å². The first-order valence-corrected chi connectivity index (χ1v) is 8.80. The molecule has 0 saturated carbocycles. The monoisotopic (exact) mass is 341 g/mol. The Balaban J connectivity index is 1.70. The summed E-state index contributed by atoms with van der Waals surface area (Å²) in [4.78, 5) is 21.3. The molecule has 0 bridgehead atoms. The largest absolute Gasteiger partial charge is 0.334 e. The van der Waals surface area contributed by atoms with Crippen LogP contribution in [0.25, 0.3) is 11.5 Å². The number of aryl methyl sites for hydroxylation is 1. The number of H-pyrrole nitrogens is 1. The fraction of sp³-hybridized carbons (Fsp3) is 0.556. The third-order valence-corrected chi connectivity index (χ3v) is 4.78. The van der Waals surface area contributed by atoms with E-state index in [4.69, 9.17) is 9.78 Å². The van der Waals surface area contributed by atoms with E-state index in [0.29, 0.717) is 28.9 Å². The van der Waals surface area contributed by atoms with Crippen molar-refractivity contribution in [2.24, 2.45) is 5.92 Å². The van der Waals surface area contributed by atoms with Gasteiger partial charge >= 0.3 is 0 Å². The summed E-state index contributed by atoms with van der Waals surface area (Å²) in [6.07, 6.45) is 4.30. The van der Waals surface area contributed by atoms with Gasteiger partial charge in [0.25, 0.3) is 11.4 Å². The first-order valence-electron chi connectivity index (χ1n) is 8.80. The van der Waals surface area contributed by atoms with Crippen molar-refractivity contribution in [3.63, 3.8) is 0 Å². The van der Waals surface area contributed by atoms with Gasteiger partial charge in [-0.15, -0.1) is 0 Å². The number of nitrogens with zero attached hydrogens (tertiary/aromatic N) is 4. The molecule has 25 heavy (non-hydrogen) atoms. The van der Waals surface area contributed by atoms with Crippen LogP contribution in [0.3, 0.4) is 0 Å². The molecule has 0 radical (unpaired) electrons. The number of hydrogen-bond donors (Lipinski definition) is 1. The van der Waals surface area contributed by atoms with Crippen molar-refractivity contribution in [1.29, 1.82) is 5.26 Å². The van der Waals surface area contributed by atoms with Gasteiger partial charge in [0, 0.05) is 12.1 Å². The van der Waals surface area contributed by atoms with E-state index in [1.807, 2.05) is 6.07 Å². The smallest absolute Gasteiger partial charge is 0.266 e. The van der Waals surface area contributed by atoms with Crippen molar-refractivity contribution in [3.05, 3.63) is 33.5 Å². The predicted octanol–water partition coefficient (Wildman–Crippen LogP) is 2.27. The lowest BCUT2D eigenvalue weighted by Gasteiger charge is -2.31. The first kappa shape index (κ1) is 17.4. The molecule has 2 aromatic rings. The average molecular weight is 341 g/mol. The summed E-state index contributed by atoms with van der Waals surface area (Å²) in [6.45, 7) is 7.40. The number of hydrogen-bond acceptors (Lipinski definition) is 6. The first-order chi connectivity index (χ1) is 12.1. The fourth-order valence-corrected chi connectivity index (χ4v) is 3.36. The van der Waals surface area contributed by atoms with Crippen molar-refractivity contribution >= 4 is 0 Å². The number of nitriles is 1. The average Bonchev–Trinajstić information content (AvgIpc) is 3.05. The number of aromatic nitrogens is 3. The molecule has 1 saturated heterocycles. The normalized spacial score (nSPS) is 16.0. The molecule has 7 heteroatoms. The highest BCUT2D eigenvalue weighted by Crippen LogP contribution is 2.24. The van der Waals surface area contributed by atoms with Crippen LogP contribution in [0.4, 0.5) is 0 Å². The lowest BCUT2D eigenvalue weighted by Crippen LogP contribution is -2.34. The van der Waals surface area contributed by atoms with Gasteiger partial charge in [-0.1, -0.05) is 12.1 Å². The summed E-state index contributed by atoms with van der Waals surface area (Å²) in [5, 5.41) is 13.1. The topological polar surface area (TPSA) is 98.8 Å². The minimum absolute atomic E-state index is 0.0450. The molecule has 0 atom stereocenters. The van der Waals surface area contributed by atoms with Crippen LogP contribution in [-0.4, -0.2) is 39.7 Å². The number of piperidine rings is 1. The van der Waals surface area contributed by atoms with Gasteiger partial charge in [-0.3, -0.25) is 4.79 Å². The zero-order valence-corrected chi connectivity index (χ0v) is 14.7. The number of aromatic amines is 1. The molecule has 1 N–H and O–H groups in total. The van der Waals surface area contributed by atoms with Crippen LogP contribution in [0.15, 0.2) is 15.4 Å². The van der Waals surface area contributed by atoms with Crippen LogP contribution in [0.5, 0.6) is 0 Å². The maximum Gasteiger partial charge on any atom is 0.266 e. The summed E-state index contributed by atoms with van der Waals surface area (Å²) in [7, 11) is 0. The second-order valence-electron chi connectivity index (χ2n) is 6.67. The second-order valence-corrected chi connectivity index (χ2v) is 6.67. The van der Waals surface area contributed by atoms with E-state index in [-0.39, 0.29) is 5.56 Å². The predicted molar refractivity (Wildman–Crippen MR) is 93.0 cm³/mol. The molecule has 0 spiro atoms. The van der Waals surface area contributed by atoms with Gasteiger partial charge in [0.15, 0.2) is 5.82 Å². The number of likely N-dealkylation sites (tertiary alicyclic amines) is 1. The molecule has 1 aliphatic rings. The molecule has 1 aliphatic heterocycles. The number of pyridine rings is 1. The molecule has 0 aliphatic carbocycles. The van der Waals surface area contributed by atoms with E-state index >= 15 is 0 Å². The van der Waals surface area contributed by atoms with Crippen molar-refractivity contribution in [1.82, 2.24) is 20.0 Å². The highest BCUT2D eigenvalue weighted by atomic mass is 16.5. The van der Waals surface area contributed by atoms with Crippen LogP contribution < -0.4 is 5.56 Å². The quantitative estimate of drug-likeness (QED) is 0.895. The van der Waals surface area contributed by atoms with Crippen LogP contribution in [-0.2, 0) is 6.42 Å². The van der Waals surface area contributed by atoms with Crippen LogP contribution in [0.1, 0.15) is 43.3 Å². The second kappa shape index (κ2) is 7.62. The SMILES string of the molecule is CCCN1CCC(Cc2noc(-c3cc(C#N)c(=O)[nH]c3C)n2)CC1. The summed E-state index contributed by atoms with van der Waals surface area (Å²) in [5.41, 5.74) is 0.866. The highest BCUT2D eigenvalue weighted by molar-refractivity contribution is 5.58. The van der Waals surface area contributed by atoms with Crippen LogP contribution >= 0.6 is 0 Å². The van der Waals surface area contributed by atoms with Crippen molar-refractivity contribution in [2.45, 2.75) is 39.5 Å². The zero-order valence-electron chi connectivity index (χ0n) is 14.7.